The first-order valence-electron chi connectivity index (χ1n) is 6.60. The maximum atomic E-state index is 3.67. The van der Waals surface area contributed by atoms with Crippen LogP contribution in [0.2, 0.25) is 0 Å². The average Bonchev–Trinajstić information content (AvgIpc) is 2.88. The van der Waals surface area contributed by atoms with Crippen molar-refractivity contribution in [3.63, 3.8) is 0 Å². The predicted molar refractivity (Wildman–Crippen MR) is 74.4 cm³/mol. The van der Waals surface area contributed by atoms with E-state index in [4.69, 9.17) is 0 Å². The van der Waals surface area contributed by atoms with Gasteiger partial charge in [-0.2, -0.15) is 0 Å². The molecule has 0 amide bonds. The number of nitrogens with one attached hydrogen (secondary N) is 1. The molecular weight excluding hydrogens is 220 g/mol. The molecule has 0 aliphatic carbocycles. The van der Waals surface area contributed by atoms with Crippen molar-refractivity contribution in [3.8, 4) is 0 Å². The van der Waals surface area contributed by atoms with Gasteiger partial charge in [0.2, 0.25) is 0 Å². The number of hydrogen-bond donors (Lipinski definition) is 1. The molecule has 0 saturated carbocycles. The van der Waals surface area contributed by atoms with Crippen LogP contribution < -0.4 is 5.32 Å². The quantitative estimate of drug-likeness (QED) is 0.560. The fourth-order valence-electron chi connectivity index (χ4n) is 2.61. The van der Waals surface area contributed by atoms with E-state index in [-0.39, 0.29) is 0 Å². The first-order chi connectivity index (χ1) is 7.45. The van der Waals surface area contributed by atoms with Crippen LogP contribution in [0.1, 0.15) is 25.7 Å². The van der Waals surface area contributed by atoms with Gasteiger partial charge in [-0.15, -0.1) is 15.8 Å². The van der Waals surface area contributed by atoms with Gasteiger partial charge in [-0.05, 0) is 75.7 Å². The van der Waals surface area contributed by atoms with E-state index >= 15 is 0 Å². The van der Waals surface area contributed by atoms with E-state index < -0.39 is 0 Å². The molecule has 0 aromatic rings. The third-order valence-corrected chi connectivity index (χ3v) is 9.11. The second kappa shape index (κ2) is 7.21. The molecule has 0 radical (unpaired) electrons. The summed E-state index contributed by atoms with van der Waals surface area (Å²) in [5, 5.41) is 3.67. The maximum absolute atomic E-state index is 3.67. The zero-order chi connectivity index (χ0) is 10.3. The van der Waals surface area contributed by atoms with Gasteiger partial charge in [-0.1, -0.05) is 0 Å². The lowest BCUT2D eigenvalue weighted by molar-refractivity contribution is 0.769. The Labute approximate surface area is 97.3 Å². The van der Waals surface area contributed by atoms with Crippen LogP contribution in [0.5, 0.6) is 0 Å². The van der Waals surface area contributed by atoms with E-state index in [1.165, 1.54) is 51.1 Å². The number of hydrogen-bond acceptors (Lipinski definition) is 1. The van der Waals surface area contributed by atoms with Gasteiger partial charge in [0.15, 0.2) is 0 Å². The second-order valence-corrected chi connectivity index (χ2v) is 10.2. The first-order valence-corrected chi connectivity index (χ1v) is 10.4. The molecule has 0 aromatic heterocycles. The molecule has 88 valence electrons. The van der Waals surface area contributed by atoms with Gasteiger partial charge < -0.3 is 5.32 Å². The third-order valence-electron chi connectivity index (χ3n) is 3.61. The molecule has 15 heavy (non-hydrogen) atoms. The van der Waals surface area contributed by atoms with Crippen LogP contribution in [0.15, 0.2) is 0 Å². The average molecular weight is 245 g/mol. The Balaban J connectivity index is 1.41. The highest BCUT2D eigenvalue weighted by Crippen LogP contribution is 2.43. The molecule has 2 rings (SSSR count). The summed E-state index contributed by atoms with van der Waals surface area (Å²) >= 11 is 0. The van der Waals surface area contributed by atoms with Gasteiger partial charge in [0.05, 0.1) is 0 Å². The molecule has 0 unspecified atom stereocenters. The number of rotatable bonds is 6. The summed E-state index contributed by atoms with van der Waals surface area (Å²) in [4.78, 5) is 0. The van der Waals surface area contributed by atoms with Crippen molar-refractivity contribution in [2.24, 2.45) is 0 Å². The Morgan fingerprint density at radius 2 is 1.07 bits per heavy atom. The van der Waals surface area contributed by atoms with Gasteiger partial charge in [0.1, 0.15) is 0 Å². The van der Waals surface area contributed by atoms with Crippen LogP contribution in [0.3, 0.4) is 0 Å². The molecule has 0 aromatic carbocycles. The predicted octanol–water partition coefficient (Wildman–Crippen LogP) is 3.13. The van der Waals surface area contributed by atoms with Gasteiger partial charge >= 0.3 is 0 Å². The molecular formula is C12H25NP2. The third kappa shape index (κ3) is 4.68. The van der Waals surface area contributed by atoms with Gasteiger partial charge in [-0.25, -0.2) is 0 Å². The lowest BCUT2D eigenvalue weighted by Crippen LogP contribution is -2.21. The fraction of sp³-hybridized carbons (Fsp3) is 1.00. The summed E-state index contributed by atoms with van der Waals surface area (Å²) in [6, 6.07) is 0. The van der Waals surface area contributed by atoms with Crippen molar-refractivity contribution < 1.29 is 0 Å². The fourth-order valence-corrected chi connectivity index (χ4v) is 7.59. The molecule has 0 atom stereocenters. The van der Waals surface area contributed by atoms with E-state index in [0.717, 1.165) is 0 Å². The minimum Gasteiger partial charge on any atom is -0.316 e. The molecule has 2 saturated heterocycles. The lowest BCUT2D eigenvalue weighted by atomic mass is 10.4. The van der Waals surface area contributed by atoms with Gasteiger partial charge in [0, 0.05) is 0 Å². The van der Waals surface area contributed by atoms with E-state index in [0.29, 0.717) is 15.8 Å². The van der Waals surface area contributed by atoms with Crippen LogP contribution >= 0.6 is 15.8 Å². The van der Waals surface area contributed by atoms with Crippen LogP contribution in [0.4, 0.5) is 0 Å². The zero-order valence-electron chi connectivity index (χ0n) is 9.88. The molecule has 0 spiro atoms. The van der Waals surface area contributed by atoms with Crippen LogP contribution in [-0.4, -0.2) is 50.1 Å². The zero-order valence-corrected chi connectivity index (χ0v) is 11.7. The Morgan fingerprint density at radius 3 is 1.47 bits per heavy atom. The molecule has 2 fully saturated rings. The molecule has 3 heteroatoms. The van der Waals surface area contributed by atoms with E-state index in [1.807, 2.05) is 0 Å². The molecule has 2 aliphatic rings. The molecule has 2 heterocycles. The lowest BCUT2D eigenvalue weighted by Gasteiger charge is -2.12. The van der Waals surface area contributed by atoms with Crippen molar-refractivity contribution >= 4 is 15.8 Å². The summed E-state index contributed by atoms with van der Waals surface area (Å²) in [5.74, 6) is 0. The summed E-state index contributed by atoms with van der Waals surface area (Å²) in [6.45, 7) is 2.63. The molecule has 0 bridgehead atoms. The topological polar surface area (TPSA) is 12.0 Å². The van der Waals surface area contributed by atoms with Gasteiger partial charge in [0.25, 0.3) is 0 Å². The monoisotopic (exact) mass is 245 g/mol. The van der Waals surface area contributed by atoms with Gasteiger partial charge in [-0.3, -0.25) is 0 Å². The Morgan fingerprint density at radius 1 is 0.667 bits per heavy atom. The first kappa shape index (κ1) is 12.3. The van der Waals surface area contributed by atoms with E-state index in [9.17, 15) is 0 Å². The summed E-state index contributed by atoms with van der Waals surface area (Å²) < 4.78 is 0. The highest BCUT2D eigenvalue weighted by Gasteiger charge is 2.14. The second-order valence-electron chi connectivity index (χ2n) is 4.85. The highest BCUT2D eigenvalue weighted by molar-refractivity contribution is 7.58. The summed E-state index contributed by atoms with van der Waals surface area (Å²) in [6.07, 6.45) is 15.4. The Kier molecular flexibility index (Phi) is 5.90. The molecule has 1 nitrogen and oxygen atoms in total. The normalized spacial score (nSPS) is 24.0. The van der Waals surface area contributed by atoms with Crippen LogP contribution in [0.25, 0.3) is 0 Å². The summed E-state index contributed by atoms with van der Waals surface area (Å²) in [7, 11) is 0.942. The van der Waals surface area contributed by atoms with Crippen molar-refractivity contribution in [3.05, 3.63) is 0 Å². The van der Waals surface area contributed by atoms with Crippen molar-refractivity contribution in [1.82, 2.24) is 5.32 Å². The maximum Gasteiger partial charge on any atom is -0.000935 e. The molecule has 1 N–H and O–H groups in total. The van der Waals surface area contributed by atoms with Crippen molar-refractivity contribution in [1.29, 1.82) is 0 Å². The van der Waals surface area contributed by atoms with Crippen molar-refractivity contribution in [2.75, 3.05) is 50.1 Å². The van der Waals surface area contributed by atoms with Crippen LogP contribution in [0, 0.1) is 0 Å². The standard InChI is InChI=1S/C12H25NP2/c1-2-8-14(7-1)11-5-13-6-12-15-9-3-4-10-15/h13H,1-12H2. The highest BCUT2D eigenvalue weighted by atomic mass is 31.1. The smallest absolute Gasteiger partial charge is 0.000935 e. The van der Waals surface area contributed by atoms with E-state index in [2.05, 4.69) is 5.32 Å². The Hall–Kier alpha value is 0.820. The Bertz CT molecular complexity index is 145. The minimum atomic E-state index is 0.471. The SMILES string of the molecule is C1CCP(CCNCCP2CCCC2)C1. The minimum absolute atomic E-state index is 0.471. The largest absolute Gasteiger partial charge is 0.316 e. The van der Waals surface area contributed by atoms with Crippen molar-refractivity contribution in [2.45, 2.75) is 25.7 Å². The van der Waals surface area contributed by atoms with E-state index in [1.54, 1.807) is 24.6 Å². The van der Waals surface area contributed by atoms with Crippen LogP contribution in [-0.2, 0) is 0 Å². The molecule has 2 aliphatic heterocycles. The summed E-state index contributed by atoms with van der Waals surface area (Å²) in [5.41, 5.74) is 0.